The Bertz CT molecular complexity index is 373. The first-order chi connectivity index (χ1) is 10.1. The first-order valence-corrected chi connectivity index (χ1v) is 7.60. The average Bonchev–Trinajstić information content (AvgIpc) is 2.70. The molecule has 1 fully saturated rings. The van der Waals surface area contributed by atoms with Gasteiger partial charge in [0.25, 0.3) is 0 Å². The molecule has 1 unspecified atom stereocenters. The van der Waals surface area contributed by atoms with Crippen molar-refractivity contribution < 1.29 is 19.5 Å². The number of amides is 3. The van der Waals surface area contributed by atoms with E-state index in [0.717, 1.165) is 25.7 Å². The fourth-order valence-corrected chi connectivity index (χ4v) is 2.35. The summed E-state index contributed by atoms with van der Waals surface area (Å²) >= 11 is 0. The standard InChI is InChI=1S/C14H25N3O4/c1-2-8-15-12(18)7-9-16-14(21)17-10-5-3-4-6-11(17)13(19)20/h11H,2-10H2,1H3,(H,15,18)(H,16,21)(H,19,20). The van der Waals surface area contributed by atoms with E-state index >= 15 is 0 Å². The minimum absolute atomic E-state index is 0.109. The van der Waals surface area contributed by atoms with Crippen molar-refractivity contribution in [2.24, 2.45) is 0 Å². The molecule has 1 saturated heterocycles. The Morgan fingerprint density at radius 1 is 1.14 bits per heavy atom. The minimum Gasteiger partial charge on any atom is -0.480 e. The molecule has 1 aliphatic heterocycles. The van der Waals surface area contributed by atoms with Crippen LogP contribution in [0.2, 0.25) is 0 Å². The second-order valence-electron chi connectivity index (χ2n) is 5.23. The van der Waals surface area contributed by atoms with Gasteiger partial charge in [0.15, 0.2) is 0 Å². The molecule has 0 aromatic heterocycles. The van der Waals surface area contributed by atoms with E-state index in [-0.39, 0.29) is 18.9 Å². The predicted octanol–water partition coefficient (Wildman–Crippen LogP) is 0.941. The number of carbonyl (C=O) groups excluding carboxylic acids is 2. The van der Waals surface area contributed by atoms with Crippen molar-refractivity contribution in [3.05, 3.63) is 0 Å². The van der Waals surface area contributed by atoms with Gasteiger partial charge >= 0.3 is 12.0 Å². The zero-order chi connectivity index (χ0) is 15.7. The first kappa shape index (κ1) is 17.3. The average molecular weight is 299 g/mol. The van der Waals surface area contributed by atoms with Gasteiger partial charge in [-0.2, -0.15) is 0 Å². The van der Waals surface area contributed by atoms with Crippen LogP contribution < -0.4 is 10.6 Å². The highest BCUT2D eigenvalue weighted by molar-refractivity contribution is 5.83. The molecule has 0 spiro atoms. The number of carbonyl (C=O) groups is 3. The molecule has 0 saturated carbocycles. The number of likely N-dealkylation sites (tertiary alicyclic amines) is 1. The Balaban J connectivity index is 2.41. The maximum Gasteiger partial charge on any atom is 0.326 e. The van der Waals surface area contributed by atoms with Crippen molar-refractivity contribution in [3.63, 3.8) is 0 Å². The maximum atomic E-state index is 12.1. The molecule has 0 aromatic carbocycles. The van der Waals surface area contributed by atoms with Gasteiger partial charge in [-0.1, -0.05) is 19.8 Å². The van der Waals surface area contributed by atoms with Crippen molar-refractivity contribution in [1.29, 1.82) is 0 Å². The topological polar surface area (TPSA) is 98.7 Å². The summed E-state index contributed by atoms with van der Waals surface area (Å²) in [6.45, 7) is 3.26. The zero-order valence-electron chi connectivity index (χ0n) is 12.6. The molecule has 0 aliphatic carbocycles. The predicted molar refractivity (Wildman–Crippen MR) is 77.9 cm³/mol. The van der Waals surface area contributed by atoms with Gasteiger partial charge in [-0.15, -0.1) is 0 Å². The highest BCUT2D eigenvalue weighted by Gasteiger charge is 2.30. The normalized spacial score (nSPS) is 18.7. The van der Waals surface area contributed by atoms with Crippen molar-refractivity contribution >= 4 is 17.9 Å². The molecule has 7 nitrogen and oxygen atoms in total. The number of rotatable bonds is 6. The number of carboxylic acids is 1. The van der Waals surface area contributed by atoms with Crippen molar-refractivity contribution in [2.75, 3.05) is 19.6 Å². The number of hydrogen-bond acceptors (Lipinski definition) is 3. The lowest BCUT2D eigenvalue weighted by atomic mass is 10.1. The summed E-state index contributed by atoms with van der Waals surface area (Å²) in [5, 5.41) is 14.6. The molecular formula is C14H25N3O4. The fraction of sp³-hybridized carbons (Fsp3) is 0.786. The monoisotopic (exact) mass is 299 g/mol. The Labute approximate surface area is 125 Å². The Kier molecular flexibility index (Phi) is 7.56. The number of aliphatic carboxylic acids is 1. The smallest absolute Gasteiger partial charge is 0.326 e. The second-order valence-corrected chi connectivity index (χ2v) is 5.23. The minimum atomic E-state index is -0.965. The fourth-order valence-electron chi connectivity index (χ4n) is 2.35. The van der Waals surface area contributed by atoms with Gasteiger partial charge in [-0.25, -0.2) is 9.59 Å². The second kappa shape index (κ2) is 9.20. The van der Waals surface area contributed by atoms with Gasteiger partial charge in [-0.3, -0.25) is 4.79 Å². The van der Waals surface area contributed by atoms with E-state index < -0.39 is 18.0 Å². The van der Waals surface area contributed by atoms with Crippen LogP contribution in [0.4, 0.5) is 4.79 Å². The molecule has 1 atom stereocenters. The van der Waals surface area contributed by atoms with Crippen LogP contribution in [0, 0.1) is 0 Å². The number of hydrogen-bond donors (Lipinski definition) is 3. The maximum absolute atomic E-state index is 12.1. The van der Waals surface area contributed by atoms with Crippen LogP contribution in [0.1, 0.15) is 45.4 Å². The van der Waals surface area contributed by atoms with Crippen molar-refractivity contribution in [3.8, 4) is 0 Å². The molecular weight excluding hydrogens is 274 g/mol. The van der Waals surface area contributed by atoms with Gasteiger partial charge in [0, 0.05) is 26.1 Å². The number of nitrogens with zero attached hydrogens (tertiary/aromatic N) is 1. The molecule has 7 heteroatoms. The van der Waals surface area contributed by atoms with Gasteiger partial charge in [0.05, 0.1) is 0 Å². The third kappa shape index (κ3) is 6.01. The summed E-state index contributed by atoms with van der Waals surface area (Å²) in [6.07, 6.45) is 4.13. The van der Waals surface area contributed by atoms with Gasteiger partial charge < -0.3 is 20.6 Å². The Hall–Kier alpha value is -1.79. The zero-order valence-corrected chi connectivity index (χ0v) is 12.6. The molecule has 0 aromatic rings. The largest absolute Gasteiger partial charge is 0.480 e. The SMILES string of the molecule is CCCNC(=O)CCNC(=O)N1CCCCCC1C(=O)O. The van der Waals surface area contributed by atoms with Crippen molar-refractivity contribution in [1.82, 2.24) is 15.5 Å². The Morgan fingerprint density at radius 3 is 2.57 bits per heavy atom. The van der Waals surface area contributed by atoms with Crippen LogP contribution in [-0.2, 0) is 9.59 Å². The van der Waals surface area contributed by atoms with Crippen LogP contribution in [0.15, 0.2) is 0 Å². The van der Waals surface area contributed by atoms with E-state index in [1.165, 1.54) is 4.90 Å². The van der Waals surface area contributed by atoms with Gasteiger partial charge in [0.2, 0.25) is 5.91 Å². The third-order valence-corrected chi connectivity index (χ3v) is 3.50. The molecule has 1 aliphatic rings. The van der Waals surface area contributed by atoms with Crippen molar-refractivity contribution in [2.45, 2.75) is 51.5 Å². The van der Waals surface area contributed by atoms with Crippen LogP contribution in [0.5, 0.6) is 0 Å². The molecule has 3 amide bonds. The van der Waals surface area contributed by atoms with Crippen LogP contribution in [-0.4, -0.2) is 53.6 Å². The van der Waals surface area contributed by atoms with Crippen LogP contribution >= 0.6 is 0 Å². The van der Waals surface area contributed by atoms with Gasteiger partial charge in [0.1, 0.15) is 6.04 Å². The molecule has 0 radical (unpaired) electrons. The summed E-state index contributed by atoms with van der Waals surface area (Å²) in [4.78, 5) is 36.1. The number of nitrogens with one attached hydrogen (secondary N) is 2. The van der Waals surface area contributed by atoms with Crippen LogP contribution in [0.25, 0.3) is 0 Å². The summed E-state index contributed by atoms with van der Waals surface area (Å²) in [5.41, 5.74) is 0. The van der Waals surface area contributed by atoms with E-state index in [9.17, 15) is 19.5 Å². The third-order valence-electron chi connectivity index (χ3n) is 3.50. The molecule has 1 heterocycles. The summed E-state index contributed by atoms with van der Waals surface area (Å²) in [7, 11) is 0. The van der Waals surface area contributed by atoms with E-state index in [2.05, 4.69) is 10.6 Å². The number of urea groups is 1. The molecule has 0 bridgehead atoms. The highest BCUT2D eigenvalue weighted by atomic mass is 16.4. The number of carboxylic acid groups (broad SMARTS) is 1. The highest BCUT2D eigenvalue weighted by Crippen LogP contribution is 2.17. The Morgan fingerprint density at radius 2 is 1.90 bits per heavy atom. The van der Waals surface area contributed by atoms with Crippen LogP contribution in [0.3, 0.4) is 0 Å². The summed E-state index contributed by atoms with van der Waals surface area (Å²) < 4.78 is 0. The van der Waals surface area contributed by atoms with E-state index in [4.69, 9.17) is 0 Å². The first-order valence-electron chi connectivity index (χ1n) is 7.60. The lowest BCUT2D eigenvalue weighted by molar-refractivity contribution is -0.142. The quantitative estimate of drug-likeness (QED) is 0.679. The molecule has 21 heavy (non-hydrogen) atoms. The lowest BCUT2D eigenvalue weighted by Gasteiger charge is -2.27. The molecule has 3 N–H and O–H groups in total. The summed E-state index contributed by atoms with van der Waals surface area (Å²) in [6, 6.07) is -1.16. The molecule has 1 rings (SSSR count). The van der Waals surface area contributed by atoms with E-state index in [1.807, 2.05) is 6.92 Å². The van der Waals surface area contributed by atoms with E-state index in [1.54, 1.807) is 0 Å². The lowest BCUT2D eigenvalue weighted by Crippen LogP contribution is -2.49. The van der Waals surface area contributed by atoms with E-state index in [0.29, 0.717) is 19.5 Å². The summed E-state index contributed by atoms with van der Waals surface area (Å²) in [5.74, 6) is -1.07. The van der Waals surface area contributed by atoms with Gasteiger partial charge in [-0.05, 0) is 19.3 Å². The molecule has 120 valence electrons.